The molecule has 0 radical (unpaired) electrons. The lowest BCUT2D eigenvalue weighted by atomic mass is 10.0. The van der Waals surface area contributed by atoms with Crippen molar-refractivity contribution in [1.29, 1.82) is 0 Å². The van der Waals surface area contributed by atoms with E-state index >= 15 is 0 Å². The van der Waals surface area contributed by atoms with E-state index in [9.17, 15) is 9.90 Å². The summed E-state index contributed by atoms with van der Waals surface area (Å²) in [7, 11) is 0. The molecule has 1 fully saturated rings. The Morgan fingerprint density at radius 3 is 2.74 bits per heavy atom. The Kier molecular flexibility index (Phi) is 5.18. The van der Waals surface area contributed by atoms with Crippen LogP contribution in [0, 0.1) is 5.41 Å². The maximum Gasteiger partial charge on any atom is 0.251 e. The van der Waals surface area contributed by atoms with Crippen LogP contribution in [0.1, 0.15) is 35.2 Å². The van der Waals surface area contributed by atoms with E-state index in [4.69, 9.17) is 0 Å². The van der Waals surface area contributed by atoms with Gasteiger partial charge in [-0.3, -0.25) is 4.79 Å². The van der Waals surface area contributed by atoms with E-state index < -0.39 is 0 Å². The number of rotatable bonds is 8. The van der Waals surface area contributed by atoms with Crippen molar-refractivity contribution in [3.8, 4) is 0 Å². The highest BCUT2D eigenvalue weighted by molar-refractivity contribution is 7.98. The van der Waals surface area contributed by atoms with Gasteiger partial charge < -0.3 is 15.4 Å². The van der Waals surface area contributed by atoms with E-state index in [1.807, 2.05) is 48.5 Å². The molecule has 0 atom stereocenters. The highest BCUT2D eigenvalue weighted by atomic mass is 32.2. The molecule has 1 aromatic heterocycles. The third-order valence-corrected chi connectivity index (χ3v) is 6.15. The fraction of sp³-hybridized carbons (Fsp3) is 0.333. The Hall–Kier alpha value is -2.31. The van der Waals surface area contributed by atoms with Crippen molar-refractivity contribution in [2.45, 2.75) is 30.2 Å². The zero-order valence-electron chi connectivity index (χ0n) is 15.1. The van der Waals surface area contributed by atoms with Crippen molar-refractivity contribution >= 4 is 28.7 Å². The number of nitrogens with one attached hydrogen (secondary N) is 2. The molecular formula is C21H23N3O2S. The maximum atomic E-state index is 12.6. The van der Waals surface area contributed by atoms with E-state index in [1.165, 1.54) is 0 Å². The normalized spacial score (nSPS) is 15.0. The number of carbonyl (C=O) groups is 1. The van der Waals surface area contributed by atoms with Crippen molar-refractivity contribution in [1.82, 2.24) is 15.3 Å². The first kappa shape index (κ1) is 18.1. The average Bonchev–Trinajstić information content (AvgIpc) is 3.36. The minimum atomic E-state index is -0.0513. The molecule has 0 unspecified atom stereocenters. The van der Waals surface area contributed by atoms with E-state index in [0.717, 1.165) is 41.0 Å². The summed E-state index contributed by atoms with van der Waals surface area (Å²) < 4.78 is 0. The van der Waals surface area contributed by atoms with Crippen LogP contribution in [0.3, 0.4) is 0 Å². The van der Waals surface area contributed by atoms with Crippen LogP contribution < -0.4 is 5.32 Å². The highest BCUT2D eigenvalue weighted by Gasteiger charge is 2.41. The fourth-order valence-corrected chi connectivity index (χ4v) is 4.10. The number of amides is 1. The molecule has 140 valence electrons. The third kappa shape index (κ3) is 4.17. The monoisotopic (exact) mass is 381 g/mol. The summed E-state index contributed by atoms with van der Waals surface area (Å²) in [5.41, 5.74) is 3.72. The first-order valence-electron chi connectivity index (χ1n) is 9.24. The number of aliphatic hydroxyl groups is 1. The molecule has 3 aromatic rings. The molecule has 1 aliphatic rings. The molecule has 0 bridgehead atoms. The number of hydrogen-bond donors (Lipinski definition) is 3. The second kappa shape index (κ2) is 7.74. The van der Waals surface area contributed by atoms with Crippen molar-refractivity contribution in [2.75, 3.05) is 13.2 Å². The van der Waals surface area contributed by atoms with Crippen LogP contribution in [0.2, 0.25) is 0 Å². The minimum Gasteiger partial charge on any atom is -0.396 e. The summed E-state index contributed by atoms with van der Waals surface area (Å²) >= 11 is 1.59. The first-order valence-corrected chi connectivity index (χ1v) is 10.2. The summed E-state index contributed by atoms with van der Waals surface area (Å²) in [6.45, 7) is 0.818. The predicted molar refractivity (Wildman–Crippen MR) is 108 cm³/mol. The number of H-pyrrole nitrogens is 1. The van der Waals surface area contributed by atoms with E-state index in [1.54, 1.807) is 11.8 Å². The topological polar surface area (TPSA) is 78.0 Å². The molecule has 6 heteroatoms. The third-order valence-electron chi connectivity index (χ3n) is 5.23. The number of aromatic amines is 1. The zero-order valence-corrected chi connectivity index (χ0v) is 15.9. The van der Waals surface area contributed by atoms with Gasteiger partial charge in [-0.15, -0.1) is 0 Å². The number of benzene rings is 2. The average molecular weight is 382 g/mol. The number of para-hydroxylation sites is 2. The molecule has 0 spiro atoms. The van der Waals surface area contributed by atoms with Gasteiger partial charge in [-0.05, 0) is 48.4 Å². The van der Waals surface area contributed by atoms with Crippen molar-refractivity contribution in [3.63, 3.8) is 0 Å². The summed E-state index contributed by atoms with van der Waals surface area (Å²) in [5.74, 6) is 0.619. The molecule has 1 aliphatic carbocycles. The van der Waals surface area contributed by atoms with Gasteiger partial charge in [-0.25, -0.2) is 4.98 Å². The predicted octanol–water partition coefficient (Wildman–Crippen LogP) is 3.75. The highest BCUT2D eigenvalue weighted by Crippen LogP contribution is 2.47. The molecule has 1 amide bonds. The Balaban J connectivity index is 1.39. The molecule has 0 saturated heterocycles. The van der Waals surface area contributed by atoms with Gasteiger partial charge in [-0.1, -0.05) is 42.1 Å². The lowest BCUT2D eigenvalue weighted by Gasteiger charge is -2.13. The van der Waals surface area contributed by atoms with E-state index in [0.29, 0.717) is 17.9 Å². The Morgan fingerprint density at radius 2 is 1.96 bits per heavy atom. The molecule has 3 N–H and O–H groups in total. The molecule has 2 aromatic carbocycles. The zero-order chi connectivity index (χ0) is 18.7. The lowest BCUT2D eigenvalue weighted by molar-refractivity contribution is 0.0946. The number of thioether (sulfide) groups is 1. The lowest BCUT2D eigenvalue weighted by Crippen LogP contribution is -2.27. The van der Waals surface area contributed by atoms with Crippen LogP contribution in [0.5, 0.6) is 0 Å². The molecule has 27 heavy (non-hydrogen) atoms. The first-order chi connectivity index (χ1) is 13.2. The molecule has 4 rings (SSSR count). The van der Waals surface area contributed by atoms with Gasteiger partial charge in [-0.2, -0.15) is 0 Å². The Morgan fingerprint density at radius 1 is 1.19 bits per heavy atom. The molecular weight excluding hydrogens is 358 g/mol. The van der Waals surface area contributed by atoms with Crippen LogP contribution in [0.15, 0.2) is 53.7 Å². The summed E-state index contributed by atoms with van der Waals surface area (Å²) in [4.78, 5) is 20.5. The summed E-state index contributed by atoms with van der Waals surface area (Å²) in [5, 5.41) is 13.2. The molecule has 0 aliphatic heterocycles. The van der Waals surface area contributed by atoms with Crippen molar-refractivity contribution in [3.05, 3.63) is 59.7 Å². The number of aromatic nitrogens is 2. The Labute approximate surface area is 162 Å². The van der Waals surface area contributed by atoms with Crippen molar-refractivity contribution < 1.29 is 9.90 Å². The number of fused-ring (bicyclic) bond motifs is 1. The fourth-order valence-electron chi connectivity index (χ4n) is 3.21. The second-order valence-electron chi connectivity index (χ2n) is 7.17. The maximum absolute atomic E-state index is 12.6. The number of carbonyl (C=O) groups excluding carboxylic acids is 1. The van der Waals surface area contributed by atoms with Crippen LogP contribution in [-0.2, 0) is 5.75 Å². The van der Waals surface area contributed by atoms with Crippen LogP contribution in [0.4, 0.5) is 0 Å². The quantitative estimate of drug-likeness (QED) is 0.519. The van der Waals surface area contributed by atoms with Gasteiger partial charge in [0.25, 0.3) is 5.91 Å². The molecule has 5 nitrogen and oxygen atoms in total. The summed E-state index contributed by atoms with van der Waals surface area (Å²) in [6.07, 6.45) is 2.96. The van der Waals surface area contributed by atoms with E-state index in [-0.39, 0.29) is 17.9 Å². The summed E-state index contributed by atoms with van der Waals surface area (Å²) in [6, 6.07) is 15.6. The molecule has 1 heterocycles. The smallest absolute Gasteiger partial charge is 0.251 e. The Bertz CT molecular complexity index is 916. The number of nitrogens with zero attached hydrogens (tertiary/aromatic N) is 1. The van der Waals surface area contributed by atoms with Gasteiger partial charge in [0.1, 0.15) is 0 Å². The van der Waals surface area contributed by atoms with Crippen molar-refractivity contribution in [2.24, 2.45) is 5.41 Å². The minimum absolute atomic E-state index is 0.0513. The van der Waals surface area contributed by atoms with Gasteiger partial charge in [0.05, 0.1) is 11.0 Å². The largest absolute Gasteiger partial charge is 0.396 e. The van der Waals surface area contributed by atoms with Gasteiger partial charge in [0, 0.05) is 24.5 Å². The van der Waals surface area contributed by atoms with Crippen LogP contribution in [0.25, 0.3) is 11.0 Å². The number of imidazole rings is 1. The van der Waals surface area contributed by atoms with Gasteiger partial charge in [0.2, 0.25) is 0 Å². The molecule has 1 saturated carbocycles. The van der Waals surface area contributed by atoms with Crippen LogP contribution in [-0.4, -0.2) is 34.1 Å². The second-order valence-corrected chi connectivity index (χ2v) is 8.13. The van der Waals surface area contributed by atoms with E-state index in [2.05, 4.69) is 15.3 Å². The van der Waals surface area contributed by atoms with Gasteiger partial charge >= 0.3 is 0 Å². The van der Waals surface area contributed by atoms with Crippen LogP contribution >= 0.6 is 11.8 Å². The standard InChI is InChI=1S/C21H23N3O2S/c25-14-21(9-10-21)11-12-22-19(26)16-6-2-1-5-15(16)13-27-20-23-17-7-3-4-8-18(17)24-20/h1-8,25H,9-14H2,(H,22,26)(H,23,24). The number of aliphatic hydroxyl groups excluding tert-OH is 1. The number of hydrogen-bond acceptors (Lipinski definition) is 4. The van der Waals surface area contributed by atoms with Gasteiger partial charge in [0.15, 0.2) is 5.16 Å². The SMILES string of the molecule is O=C(NCCC1(CO)CC1)c1ccccc1CSc1nc2ccccc2[nH]1.